The molecule has 0 spiro atoms. The molecular formula is C14H17BrO3. The first-order valence-electron chi connectivity index (χ1n) is 6.50. The average Bonchev–Trinajstić information content (AvgIpc) is 2.83. The molecule has 1 fully saturated rings. The van der Waals surface area contributed by atoms with E-state index in [2.05, 4.69) is 28.1 Å². The SMILES string of the molecule is BrC(c1ccc2c(c1)OCCCO2)C1CCCO1. The van der Waals surface area contributed by atoms with Gasteiger partial charge < -0.3 is 14.2 Å². The summed E-state index contributed by atoms with van der Waals surface area (Å²) < 4.78 is 17.1. The fraction of sp³-hybridized carbons (Fsp3) is 0.571. The lowest BCUT2D eigenvalue weighted by Gasteiger charge is -2.18. The molecule has 3 nitrogen and oxygen atoms in total. The first-order valence-corrected chi connectivity index (χ1v) is 7.41. The second-order valence-corrected chi connectivity index (χ2v) is 5.70. The maximum absolute atomic E-state index is 5.72. The zero-order valence-corrected chi connectivity index (χ0v) is 11.8. The second-order valence-electron chi connectivity index (χ2n) is 4.71. The van der Waals surface area contributed by atoms with E-state index >= 15 is 0 Å². The first kappa shape index (κ1) is 12.3. The van der Waals surface area contributed by atoms with Gasteiger partial charge in [0.05, 0.1) is 24.1 Å². The van der Waals surface area contributed by atoms with Crippen LogP contribution in [0.2, 0.25) is 0 Å². The lowest BCUT2D eigenvalue weighted by molar-refractivity contribution is 0.110. The topological polar surface area (TPSA) is 27.7 Å². The number of alkyl halides is 1. The number of benzene rings is 1. The maximum Gasteiger partial charge on any atom is 0.161 e. The third kappa shape index (κ3) is 2.50. The van der Waals surface area contributed by atoms with Gasteiger partial charge in [-0.1, -0.05) is 22.0 Å². The van der Waals surface area contributed by atoms with Gasteiger partial charge in [0, 0.05) is 13.0 Å². The quantitative estimate of drug-likeness (QED) is 0.783. The molecule has 0 bridgehead atoms. The van der Waals surface area contributed by atoms with Gasteiger partial charge in [0.2, 0.25) is 0 Å². The molecule has 1 aromatic rings. The lowest BCUT2D eigenvalue weighted by Crippen LogP contribution is -2.12. The average molecular weight is 313 g/mol. The molecule has 0 aliphatic carbocycles. The summed E-state index contributed by atoms with van der Waals surface area (Å²) in [5.74, 6) is 1.70. The molecule has 0 N–H and O–H groups in total. The van der Waals surface area contributed by atoms with Crippen LogP contribution in [0.25, 0.3) is 0 Å². The Morgan fingerprint density at radius 2 is 1.89 bits per heavy atom. The van der Waals surface area contributed by atoms with Gasteiger partial charge in [0.1, 0.15) is 0 Å². The standard InChI is InChI=1S/C14H17BrO3/c15-14(12-3-1-6-17-12)10-4-5-11-13(9-10)18-8-2-7-16-11/h4-5,9,12,14H,1-3,6-8H2. The van der Waals surface area contributed by atoms with E-state index in [-0.39, 0.29) is 10.9 Å². The van der Waals surface area contributed by atoms with Crippen molar-refractivity contribution in [3.63, 3.8) is 0 Å². The molecule has 0 aromatic heterocycles. The number of halogens is 1. The molecule has 3 rings (SSSR count). The largest absolute Gasteiger partial charge is 0.490 e. The molecule has 1 saturated heterocycles. The van der Waals surface area contributed by atoms with Gasteiger partial charge in [-0.15, -0.1) is 0 Å². The van der Waals surface area contributed by atoms with E-state index in [9.17, 15) is 0 Å². The molecule has 4 heteroatoms. The van der Waals surface area contributed by atoms with Crippen molar-refractivity contribution >= 4 is 15.9 Å². The molecule has 2 atom stereocenters. The van der Waals surface area contributed by atoms with Crippen LogP contribution in [-0.4, -0.2) is 25.9 Å². The van der Waals surface area contributed by atoms with Gasteiger partial charge >= 0.3 is 0 Å². The van der Waals surface area contributed by atoms with Crippen LogP contribution < -0.4 is 9.47 Å². The number of ether oxygens (including phenoxy) is 3. The number of hydrogen-bond donors (Lipinski definition) is 0. The van der Waals surface area contributed by atoms with Crippen LogP contribution in [0.3, 0.4) is 0 Å². The molecule has 1 aromatic carbocycles. The fourth-order valence-electron chi connectivity index (χ4n) is 2.40. The maximum atomic E-state index is 5.72. The van der Waals surface area contributed by atoms with Gasteiger partial charge in [0.15, 0.2) is 11.5 Å². The summed E-state index contributed by atoms with van der Waals surface area (Å²) in [4.78, 5) is 0.233. The van der Waals surface area contributed by atoms with Crippen molar-refractivity contribution in [2.24, 2.45) is 0 Å². The first-order chi connectivity index (χ1) is 8.84. The van der Waals surface area contributed by atoms with Gasteiger partial charge in [-0.3, -0.25) is 0 Å². The zero-order valence-electron chi connectivity index (χ0n) is 10.2. The summed E-state index contributed by atoms with van der Waals surface area (Å²) >= 11 is 3.74. The Bertz CT molecular complexity index is 416. The lowest BCUT2D eigenvalue weighted by atomic mass is 10.1. The van der Waals surface area contributed by atoms with Gasteiger partial charge in [0.25, 0.3) is 0 Å². The van der Waals surface area contributed by atoms with Gasteiger partial charge in [-0.25, -0.2) is 0 Å². The van der Waals surface area contributed by atoms with Crippen molar-refractivity contribution < 1.29 is 14.2 Å². The molecule has 2 heterocycles. The van der Waals surface area contributed by atoms with Crippen LogP contribution in [-0.2, 0) is 4.74 Å². The highest BCUT2D eigenvalue weighted by Crippen LogP contribution is 2.38. The van der Waals surface area contributed by atoms with Crippen LogP contribution in [0.5, 0.6) is 11.5 Å². The van der Waals surface area contributed by atoms with E-state index in [0.29, 0.717) is 0 Å². The van der Waals surface area contributed by atoms with Crippen LogP contribution in [0.4, 0.5) is 0 Å². The number of rotatable bonds is 2. The zero-order chi connectivity index (χ0) is 12.4. The highest BCUT2D eigenvalue weighted by molar-refractivity contribution is 9.09. The molecule has 98 valence electrons. The van der Waals surface area contributed by atoms with Crippen molar-refractivity contribution in [1.82, 2.24) is 0 Å². The summed E-state index contributed by atoms with van der Waals surface area (Å²) in [5.41, 5.74) is 1.20. The molecule has 2 aliphatic rings. The van der Waals surface area contributed by atoms with E-state index in [1.54, 1.807) is 0 Å². The molecule has 18 heavy (non-hydrogen) atoms. The molecule has 2 unspecified atom stereocenters. The van der Waals surface area contributed by atoms with Crippen LogP contribution in [0, 0.1) is 0 Å². The molecule has 0 amide bonds. The summed E-state index contributed by atoms with van der Waals surface area (Å²) in [6, 6.07) is 6.16. The van der Waals surface area contributed by atoms with Crippen molar-refractivity contribution in [2.45, 2.75) is 30.2 Å². The third-order valence-corrected chi connectivity index (χ3v) is 4.50. The number of hydrogen-bond acceptors (Lipinski definition) is 3. The van der Waals surface area contributed by atoms with E-state index in [1.165, 1.54) is 5.56 Å². The Labute approximate surface area is 116 Å². The summed E-state index contributed by atoms with van der Waals surface area (Å²) in [5, 5.41) is 0. The second kappa shape index (κ2) is 5.49. The molecule has 0 radical (unpaired) electrons. The smallest absolute Gasteiger partial charge is 0.161 e. The Morgan fingerprint density at radius 3 is 2.67 bits per heavy atom. The highest BCUT2D eigenvalue weighted by Gasteiger charge is 2.26. The van der Waals surface area contributed by atoms with E-state index in [4.69, 9.17) is 14.2 Å². The third-order valence-electron chi connectivity index (χ3n) is 3.38. The molecular weight excluding hydrogens is 296 g/mol. The molecule has 0 saturated carbocycles. The van der Waals surface area contributed by atoms with Crippen LogP contribution in [0.15, 0.2) is 18.2 Å². The van der Waals surface area contributed by atoms with Crippen LogP contribution >= 0.6 is 15.9 Å². The van der Waals surface area contributed by atoms with Crippen molar-refractivity contribution in [2.75, 3.05) is 19.8 Å². The van der Waals surface area contributed by atoms with E-state index in [0.717, 1.165) is 50.6 Å². The Hall–Kier alpha value is -0.740. The Kier molecular flexibility index (Phi) is 3.75. The predicted molar refractivity (Wildman–Crippen MR) is 72.7 cm³/mol. The van der Waals surface area contributed by atoms with Crippen molar-refractivity contribution in [3.05, 3.63) is 23.8 Å². The monoisotopic (exact) mass is 312 g/mol. The minimum Gasteiger partial charge on any atom is -0.490 e. The van der Waals surface area contributed by atoms with Crippen LogP contribution in [0.1, 0.15) is 29.7 Å². The summed E-state index contributed by atoms with van der Waals surface area (Å²) in [7, 11) is 0. The van der Waals surface area contributed by atoms with E-state index in [1.807, 2.05) is 6.07 Å². The Balaban J connectivity index is 1.82. The molecule has 2 aliphatic heterocycles. The Morgan fingerprint density at radius 1 is 1.06 bits per heavy atom. The van der Waals surface area contributed by atoms with Gasteiger partial charge in [-0.05, 0) is 30.5 Å². The minimum atomic E-state index is 0.233. The normalized spacial score (nSPS) is 24.6. The highest BCUT2D eigenvalue weighted by atomic mass is 79.9. The number of fused-ring (bicyclic) bond motifs is 1. The van der Waals surface area contributed by atoms with Crippen molar-refractivity contribution in [3.8, 4) is 11.5 Å². The fourth-order valence-corrected chi connectivity index (χ4v) is 3.10. The van der Waals surface area contributed by atoms with Gasteiger partial charge in [-0.2, -0.15) is 0 Å². The summed E-state index contributed by atoms with van der Waals surface area (Å²) in [6.07, 6.45) is 3.48. The van der Waals surface area contributed by atoms with E-state index < -0.39 is 0 Å². The minimum absolute atomic E-state index is 0.233. The van der Waals surface area contributed by atoms with Crippen molar-refractivity contribution in [1.29, 1.82) is 0 Å². The predicted octanol–water partition coefficient (Wildman–Crippen LogP) is 3.46. The summed E-state index contributed by atoms with van der Waals surface area (Å²) in [6.45, 7) is 2.33.